The lowest BCUT2D eigenvalue weighted by atomic mass is 10.3. The molecule has 0 bridgehead atoms. The molecule has 1 N–H and O–H groups in total. The standard InChI is InChI=1S/C16H18Cl2N6O3/c1-3-5-6-23-13-12(14(25)21-16(23)27)22(4-2)10(20-13)8-24-15(26)11(18)9(17)7-19-24/h7H,3-6,8H2,1-2H3,(H,21,25,27). The van der Waals surface area contributed by atoms with Crippen molar-refractivity contribution in [1.82, 2.24) is 28.9 Å². The van der Waals surface area contributed by atoms with Gasteiger partial charge in [-0.25, -0.2) is 14.5 Å². The van der Waals surface area contributed by atoms with Gasteiger partial charge in [0.15, 0.2) is 11.2 Å². The molecule has 0 atom stereocenters. The first-order valence-electron chi connectivity index (χ1n) is 8.52. The van der Waals surface area contributed by atoms with Crippen molar-refractivity contribution in [3.05, 3.63) is 53.3 Å². The monoisotopic (exact) mass is 412 g/mol. The van der Waals surface area contributed by atoms with E-state index >= 15 is 0 Å². The molecule has 0 radical (unpaired) electrons. The van der Waals surface area contributed by atoms with Crippen LogP contribution in [0.4, 0.5) is 0 Å². The second-order valence-electron chi connectivity index (χ2n) is 5.98. The van der Waals surface area contributed by atoms with E-state index in [-0.39, 0.29) is 22.1 Å². The summed E-state index contributed by atoms with van der Waals surface area (Å²) >= 11 is 11.7. The third kappa shape index (κ3) is 3.44. The Balaban J connectivity index is 2.21. The maximum Gasteiger partial charge on any atom is 0.330 e. The highest BCUT2D eigenvalue weighted by Crippen LogP contribution is 2.16. The van der Waals surface area contributed by atoms with Crippen LogP contribution in [0.3, 0.4) is 0 Å². The predicted octanol–water partition coefficient (Wildman–Crippen LogP) is 1.62. The van der Waals surface area contributed by atoms with Gasteiger partial charge in [-0.05, 0) is 13.3 Å². The van der Waals surface area contributed by atoms with Crippen molar-refractivity contribution in [3.63, 3.8) is 0 Å². The Bertz CT molecular complexity index is 1170. The van der Waals surface area contributed by atoms with Gasteiger partial charge in [0.1, 0.15) is 17.4 Å². The molecule has 144 valence electrons. The molecule has 3 aromatic heterocycles. The number of nitrogens with one attached hydrogen (secondary N) is 1. The van der Waals surface area contributed by atoms with Crippen molar-refractivity contribution in [2.45, 2.75) is 46.3 Å². The molecule has 3 aromatic rings. The summed E-state index contributed by atoms with van der Waals surface area (Å²) in [6.07, 6.45) is 2.92. The van der Waals surface area contributed by atoms with E-state index in [2.05, 4.69) is 15.1 Å². The van der Waals surface area contributed by atoms with Crippen molar-refractivity contribution < 1.29 is 0 Å². The molecule has 0 aromatic carbocycles. The van der Waals surface area contributed by atoms with Gasteiger partial charge in [0.2, 0.25) is 0 Å². The maximum atomic E-state index is 12.4. The first-order valence-corrected chi connectivity index (χ1v) is 9.27. The number of halogens is 2. The molecule has 0 spiro atoms. The quantitative estimate of drug-likeness (QED) is 0.661. The van der Waals surface area contributed by atoms with Gasteiger partial charge in [0.25, 0.3) is 11.1 Å². The Morgan fingerprint density at radius 2 is 1.89 bits per heavy atom. The fourth-order valence-corrected chi connectivity index (χ4v) is 3.16. The van der Waals surface area contributed by atoms with Gasteiger partial charge >= 0.3 is 5.69 Å². The lowest BCUT2D eigenvalue weighted by Gasteiger charge is -2.07. The van der Waals surface area contributed by atoms with Gasteiger partial charge in [-0.15, -0.1) is 0 Å². The topological polar surface area (TPSA) is 108 Å². The van der Waals surface area contributed by atoms with Crippen molar-refractivity contribution in [2.75, 3.05) is 0 Å². The summed E-state index contributed by atoms with van der Waals surface area (Å²) in [5.74, 6) is 0.418. The molecule has 0 amide bonds. The molecule has 0 aliphatic carbocycles. The first-order chi connectivity index (χ1) is 12.9. The van der Waals surface area contributed by atoms with E-state index in [1.807, 2.05) is 13.8 Å². The third-order valence-electron chi connectivity index (χ3n) is 4.25. The molecule has 27 heavy (non-hydrogen) atoms. The summed E-state index contributed by atoms with van der Waals surface area (Å²) in [5.41, 5.74) is -0.995. The average molecular weight is 413 g/mol. The molecule has 0 saturated heterocycles. The number of nitrogens with zero attached hydrogens (tertiary/aromatic N) is 5. The molecular weight excluding hydrogens is 395 g/mol. The minimum absolute atomic E-state index is 0.0142. The molecule has 3 rings (SSSR count). The summed E-state index contributed by atoms with van der Waals surface area (Å²) < 4.78 is 4.22. The highest BCUT2D eigenvalue weighted by atomic mass is 35.5. The molecule has 9 nitrogen and oxygen atoms in total. The van der Waals surface area contributed by atoms with Gasteiger partial charge in [-0.1, -0.05) is 36.5 Å². The Morgan fingerprint density at radius 1 is 1.15 bits per heavy atom. The van der Waals surface area contributed by atoms with E-state index in [0.29, 0.717) is 24.6 Å². The molecule has 0 unspecified atom stereocenters. The van der Waals surface area contributed by atoms with Crippen molar-refractivity contribution in [1.29, 1.82) is 0 Å². The maximum absolute atomic E-state index is 12.4. The van der Waals surface area contributed by atoms with Crippen LogP contribution in [0.15, 0.2) is 20.6 Å². The molecular formula is C16H18Cl2N6O3. The third-order valence-corrected chi connectivity index (χ3v) is 5.00. The van der Waals surface area contributed by atoms with E-state index in [9.17, 15) is 14.4 Å². The van der Waals surface area contributed by atoms with Crippen LogP contribution in [0.25, 0.3) is 11.2 Å². The van der Waals surface area contributed by atoms with Crippen molar-refractivity contribution in [2.24, 2.45) is 0 Å². The van der Waals surface area contributed by atoms with E-state index in [1.54, 1.807) is 4.57 Å². The minimum atomic E-state index is -0.559. The summed E-state index contributed by atoms with van der Waals surface area (Å²) in [7, 11) is 0. The zero-order valence-electron chi connectivity index (χ0n) is 14.8. The molecule has 0 aliphatic heterocycles. The lowest BCUT2D eigenvalue weighted by molar-refractivity contribution is 0.584. The highest BCUT2D eigenvalue weighted by molar-refractivity contribution is 6.41. The number of imidazole rings is 1. The normalized spacial score (nSPS) is 11.4. The predicted molar refractivity (Wildman–Crippen MR) is 103 cm³/mol. The zero-order chi connectivity index (χ0) is 19.7. The number of aryl methyl sites for hydroxylation is 2. The number of hydrogen-bond donors (Lipinski definition) is 1. The highest BCUT2D eigenvalue weighted by Gasteiger charge is 2.19. The van der Waals surface area contributed by atoms with E-state index < -0.39 is 16.8 Å². The fraction of sp³-hybridized carbons (Fsp3) is 0.438. The van der Waals surface area contributed by atoms with Crippen LogP contribution in [0.1, 0.15) is 32.5 Å². The number of H-pyrrole nitrogens is 1. The Hall–Kier alpha value is -2.39. The largest absolute Gasteiger partial charge is 0.330 e. The second-order valence-corrected chi connectivity index (χ2v) is 6.76. The van der Waals surface area contributed by atoms with E-state index in [1.165, 1.54) is 10.8 Å². The van der Waals surface area contributed by atoms with Crippen LogP contribution in [0, 0.1) is 0 Å². The summed E-state index contributed by atoms with van der Waals surface area (Å²) in [6.45, 7) is 4.70. The molecule has 0 fully saturated rings. The zero-order valence-corrected chi connectivity index (χ0v) is 16.3. The van der Waals surface area contributed by atoms with Crippen molar-refractivity contribution in [3.8, 4) is 0 Å². The number of aromatic amines is 1. The summed E-state index contributed by atoms with van der Waals surface area (Å²) in [6, 6.07) is 0. The van der Waals surface area contributed by atoms with Crippen LogP contribution in [0.2, 0.25) is 10.0 Å². The Kier molecular flexibility index (Phi) is 5.52. The molecule has 11 heteroatoms. The number of unbranched alkanes of at least 4 members (excludes halogenated alkanes) is 1. The minimum Gasteiger partial charge on any atom is -0.321 e. The smallest absolute Gasteiger partial charge is 0.321 e. The van der Waals surface area contributed by atoms with Crippen LogP contribution in [-0.4, -0.2) is 28.9 Å². The summed E-state index contributed by atoms with van der Waals surface area (Å²) in [5, 5.41) is 3.90. The SMILES string of the molecule is CCCCn1c(=O)[nH]c(=O)c2c1nc(Cn1ncc(Cl)c(Cl)c1=O)n2CC. The van der Waals surface area contributed by atoms with Crippen LogP contribution in [0.5, 0.6) is 0 Å². The van der Waals surface area contributed by atoms with E-state index in [0.717, 1.165) is 17.5 Å². The molecule has 0 saturated carbocycles. The Labute approximate surface area is 163 Å². The number of hydrogen-bond acceptors (Lipinski definition) is 5. The van der Waals surface area contributed by atoms with Gasteiger partial charge in [0, 0.05) is 13.1 Å². The average Bonchev–Trinajstić information content (AvgIpc) is 3.00. The number of aromatic nitrogens is 6. The van der Waals surface area contributed by atoms with Gasteiger partial charge < -0.3 is 4.57 Å². The van der Waals surface area contributed by atoms with Gasteiger partial charge in [0.05, 0.1) is 11.2 Å². The van der Waals surface area contributed by atoms with E-state index in [4.69, 9.17) is 23.2 Å². The van der Waals surface area contributed by atoms with Crippen molar-refractivity contribution >= 4 is 34.4 Å². The summed E-state index contributed by atoms with van der Waals surface area (Å²) in [4.78, 5) is 43.7. The van der Waals surface area contributed by atoms with Crippen LogP contribution in [-0.2, 0) is 19.6 Å². The molecule has 0 aliphatic rings. The Morgan fingerprint density at radius 3 is 2.56 bits per heavy atom. The first kappa shape index (κ1) is 19.4. The second kappa shape index (κ2) is 7.69. The van der Waals surface area contributed by atoms with Gasteiger partial charge in [-0.3, -0.25) is 19.1 Å². The fourth-order valence-electron chi connectivity index (χ4n) is 2.89. The van der Waals surface area contributed by atoms with Crippen LogP contribution >= 0.6 is 23.2 Å². The lowest BCUT2D eigenvalue weighted by Crippen LogP contribution is -2.31. The molecule has 3 heterocycles. The number of fused-ring (bicyclic) bond motifs is 1. The van der Waals surface area contributed by atoms with Crippen LogP contribution < -0.4 is 16.8 Å². The number of rotatable bonds is 6. The van der Waals surface area contributed by atoms with Gasteiger partial charge in [-0.2, -0.15) is 5.10 Å².